The largest absolute Gasteiger partial charge is 0.326 e. The van der Waals surface area contributed by atoms with E-state index in [4.69, 9.17) is 16.3 Å². The second kappa shape index (κ2) is 8.48. The molecule has 0 aromatic rings. The summed E-state index contributed by atoms with van der Waals surface area (Å²) in [6, 6.07) is 0. The molecule has 0 saturated carbocycles. The minimum atomic E-state index is -1.94. The van der Waals surface area contributed by atoms with Crippen LogP contribution in [-0.2, 0) is 16.3 Å². The van der Waals surface area contributed by atoms with Crippen molar-refractivity contribution in [3.05, 3.63) is 12.7 Å². The number of nitrogens with one attached hydrogen (secondary N) is 1. The maximum absolute atomic E-state index is 5.57. The van der Waals surface area contributed by atoms with Crippen molar-refractivity contribution in [3.8, 4) is 0 Å². The quantitative estimate of drug-likeness (QED) is 0.312. The third kappa shape index (κ3) is 6.60. The minimum Gasteiger partial charge on any atom is -0.326 e. The lowest BCUT2D eigenvalue weighted by Gasteiger charge is -2.18. The zero-order valence-corrected chi connectivity index (χ0v) is 11.1. The van der Waals surface area contributed by atoms with Gasteiger partial charge in [-0.15, -0.1) is 6.58 Å². The van der Waals surface area contributed by atoms with Gasteiger partial charge in [0.05, 0.1) is 19.5 Å². The molecule has 0 aliphatic rings. The summed E-state index contributed by atoms with van der Waals surface area (Å²) in [4.78, 5) is 4.04. The van der Waals surface area contributed by atoms with E-state index >= 15 is 0 Å². The smallest absolute Gasteiger partial charge is 0.210 e. The van der Waals surface area contributed by atoms with E-state index in [1.54, 1.807) is 23.8 Å². The maximum atomic E-state index is 5.57. The number of hydrogen-bond donors (Lipinski definition) is 1. The molecule has 0 bridgehead atoms. The zero-order chi connectivity index (χ0) is 10.9. The van der Waals surface area contributed by atoms with E-state index in [9.17, 15) is 0 Å². The first-order valence-corrected chi connectivity index (χ1v) is 8.91. The van der Waals surface area contributed by atoms with E-state index in [2.05, 4.69) is 23.6 Å². The Morgan fingerprint density at radius 3 is 2.93 bits per heavy atom. The molecule has 0 aliphatic carbocycles. The fraction of sp³-hybridized carbons (Fsp3) is 0.625. The van der Waals surface area contributed by atoms with Gasteiger partial charge in [0.15, 0.2) is 0 Å². The van der Waals surface area contributed by atoms with Crippen molar-refractivity contribution in [1.82, 2.24) is 5.09 Å². The van der Waals surface area contributed by atoms with Gasteiger partial charge in [0.25, 0.3) is 0 Å². The van der Waals surface area contributed by atoms with E-state index in [0.717, 1.165) is 6.42 Å². The van der Waals surface area contributed by atoms with Crippen molar-refractivity contribution in [2.45, 2.75) is 13.3 Å². The van der Waals surface area contributed by atoms with Crippen LogP contribution in [0.3, 0.4) is 0 Å². The topological polar surface area (TPSA) is 33.6 Å². The molecule has 1 N–H and O–H groups in total. The van der Waals surface area contributed by atoms with Gasteiger partial charge < -0.3 is 9.61 Å². The summed E-state index contributed by atoms with van der Waals surface area (Å²) in [7, 11) is 0. The molecule has 6 heteroatoms. The number of rotatable bonds is 8. The molecule has 14 heavy (non-hydrogen) atoms. The molecule has 0 radical (unpaired) electrons. The molecule has 0 aliphatic heterocycles. The summed E-state index contributed by atoms with van der Waals surface area (Å²) in [5.74, 6) is 0. The van der Waals surface area contributed by atoms with Gasteiger partial charge >= 0.3 is 0 Å². The first-order valence-electron chi connectivity index (χ1n) is 4.35. The Morgan fingerprint density at radius 2 is 2.43 bits per heavy atom. The highest BCUT2D eigenvalue weighted by Gasteiger charge is 2.13. The van der Waals surface area contributed by atoms with Gasteiger partial charge in [-0.3, -0.25) is 4.99 Å². The monoisotopic (exact) mass is 252 g/mol. The minimum absolute atomic E-state index is 0.602. The molecular formula is C8H17N2OPS2. The van der Waals surface area contributed by atoms with E-state index < -0.39 is 5.62 Å². The highest BCUT2D eigenvalue weighted by atomic mass is 32.9. The summed E-state index contributed by atoms with van der Waals surface area (Å²) in [5, 5.41) is 3.04. The summed E-state index contributed by atoms with van der Waals surface area (Å²) in [5.41, 5.74) is -1.94. The third-order valence-electron chi connectivity index (χ3n) is 1.25. The second-order valence-corrected chi connectivity index (χ2v) is 9.18. The zero-order valence-electron chi connectivity index (χ0n) is 8.60. The van der Waals surface area contributed by atoms with Crippen LogP contribution in [0, 0.1) is 0 Å². The lowest BCUT2D eigenvalue weighted by molar-refractivity contribution is 0.356. The fourth-order valence-electron chi connectivity index (χ4n) is 0.593. The Balaban J connectivity index is 3.98. The summed E-state index contributed by atoms with van der Waals surface area (Å²) in [6.45, 7) is 6.93. The molecule has 0 aromatic carbocycles. The molecule has 82 valence electrons. The van der Waals surface area contributed by atoms with Crippen LogP contribution in [0.1, 0.15) is 13.3 Å². The van der Waals surface area contributed by atoms with Gasteiger partial charge in [-0.2, -0.15) is 0 Å². The Bertz CT molecular complexity index is 233. The van der Waals surface area contributed by atoms with Crippen molar-refractivity contribution >= 4 is 35.1 Å². The van der Waals surface area contributed by atoms with Crippen molar-refractivity contribution < 1.29 is 4.52 Å². The molecule has 0 rings (SSSR count). The van der Waals surface area contributed by atoms with Crippen LogP contribution in [0.4, 0.5) is 0 Å². The molecule has 0 aromatic heterocycles. The van der Waals surface area contributed by atoms with Crippen LogP contribution in [-0.4, -0.2) is 25.7 Å². The van der Waals surface area contributed by atoms with Gasteiger partial charge in [0.1, 0.15) is 0 Å². The Morgan fingerprint density at radius 1 is 1.71 bits per heavy atom. The van der Waals surface area contributed by atoms with Crippen molar-refractivity contribution in [1.29, 1.82) is 0 Å². The van der Waals surface area contributed by atoms with Crippen LogP contribution in [0.25, 0.3) is 0 Å². The fourth-order valence-corrected chi connectivity index (χ4v) is 2.89. The Hall–Kier alpha value is 0.170. The van der Waals surface area contributed by atoms with E-state index in [-0.39, 0.29) is 0 Å². The number of hydrogen-bond acceptors (Lipinski definition) is 4. The molecule has 0 amide bonds. The summed E-state index contributed by atoms with van der Waals surface area (Å²) in [6.07, 6.45) is 6.28. The van der Waals surface area contributed by atoms with Crippen molar-refractivity contribution in [2.24, 2.45) is 4.99 Å². The first kappa shape index (κ1) is 14.2. The SMILES string of the molecule is C=CCN=CNP(=S)(OCCC)SC. The highest BCUT2D eigenvalue weighted by molar-refractivity contribution is 8.68. The molecular weight excluding hydrogens is 235 g/mol. The van der Waals surface area contributed by atoms with Gasteiger partial charge in [-0.1, -0.05) is 24.4 Å². The van der Waals surface area contributed by atoms with Crippen LogP contribution < -0.4 is 5.09 Å². The maximum Gasteiger partial charge on any atom is 0.210 e. The van der Waals surface area contributed by atoms with Gasteiger partial charge in [-0.05, 0) is 24.5 Å². The first-order chi connectivity index (χ1) is 6.68. The lowest BCUT2D eigenvalue weighted by Crippen LogP contribution is -2.08. The van der Waals surface area contributed by atoms with Crippen molar-refractivity contribution in [2.75, 3.05) is 19.4 Å². The normalized spacial score (nSPS) is 15.3. The van der Waals surface area contributed by atoms with E-state index in [1.807, 2.05) is 6.26 Å². The average Bonchev–Trinajstić information content (AvgIpc) is 2.22. The van der Waals surface area contributed by atoms with Crippen LogP contribution >= 0.6 is 17.0 Å². The predicted octanol–water partition coefficient (Wildman–Crippen LogP) is 2.80. The molecule has 3 nitrogen and oxygen atoms in total. The summed E-state index contributed by atoms with van der Waals surface area (Å²) < 4.78 is 5.57. The van der Waals surface area contributed by atoms with Crippen molar-refractivity contribution in [3.63, 3.8) is 0 Å². The predicted molar refractivity (Wildman–Crippen MR) is 70.7 cm³/mol. The van der Waals surface area contributed by atoms with Gasteiger partial charge in [0, 0.05) is 0 Å². The van der Waals surface area contributed by atoms with Crippen LogP contribution in [0.5, 0.6) is 0 Å². The molecule has 0 heterocycles. The van der Waals surface area contributed by atoms with E-state index in [1.165, 1.54) is 0 Å². The van der Waals surface area contributed by atoms with Crippen LogP contribution in [0.15, 0.2) is 17.6 Å². The van der Waals surface area contributed by atoms with Gasteiger partial charge in [0.2, 0.25) is 5.62 Å². The number of nitrogens with zero attached hydrogens (tertiary/aromatic N) is 1. The molecule has 1 atom stereocenters. The summed E-state index contributed by atoms with van der Waals surface area (Å²) >= 11 is 6.89. The Labute approximate surface area is 95.3 Å². The molecule has 1 unspecified atom stereocenters. The highest BCUT2D eigenvalue weighted by Crippen LogP contribution is 2.54. The van der Waals surface area contributed by atoms with Crippen LogP contribution in [0.2, 0.25) is 0 Å². The molecule has 0 spiro atoms. The standard InChI is InChI=1S/C8H17N2OPS2/c1-4-6-9-8-10-12(13,14-3)11-7-5-2/h4,8H,1,5-7H2,2-3H3,(H,9,10,13). The Kier molecular flexibility index (Phi) is 8.58. The average molecular weight is 252 g/mol. The molecule has 0 saturated heterocycles. The van der Waals surface area contributed by atoms with E-state index in [0.29, 0.717) is 13.2 Å². The third-order valence-corrected chi connectivity index (χ3v) is 6.73. The van der Waals surface area contributed by atoms with Gasteiger partial charge in [-0.25, -0.2) is 0 Å². The lowest BCUT2D eigenvalue weighted by atomic mass is 10.5. The second-order valence-electron chi connectivity index (χ2n) is 2.43. The number of aliphatic imine (C=N–C) groups is 1. The molecule has 0 fully saturated rings.